The first kappa shape index (κ1) is 17.0. The van der Waals surface area contributed by atoms with Crippen LogP contribution >= 0.6 is 11.8 Å². The molecule has 2 fully saturated rings. The van der Waals surface area contributed by atoms with Crippen molar-refractivity contribution >= 4 is 29.5 Å². The van der Waals surface area contributed by atoms with Gasteiger partial charge in [-0.05, 0) is 30.6 Å². The van der Waals surface area contributed by atoms with E-state index in [-0.39, 0.29) is 11.8 Å². The van der Waals surface area contributed by atoms with Gasteiger partial charge in [0.25, 0.3) is 0 Å². The molecule has 24 heavy (non-hydrogen) atoms. The summed E-state index contributed by atoms with van der Waals surface area (Å²) in [5, 5.41) is 3.23. The van der Waals surface area contributed by atoms with E-state index in [1.165, 1.54) is 20.4 Å². The number of rotatable bonds is 5. The van der Waals surface area contributed by atoms with Crippen molar-refractivity contribution in [3.8, 4) is 0 Å². The largest absolute Gasteiger partial charge is 0.468 e. The Labute approximate surface area is 144 Å². The van der Waals surface area contributed by atoms with E-state index < -0.39 is 29.4 Å². The van der Waals surface area contributed by atoms with Crippen LogP contribution in [0.1, 0.15) is 18.2 Å². The Morgan fingerprint density at radius 3 is 2.79 bits per heavy atom. The van der Waals surface area contributed by atoms with E-state index >= 15 is 0 Å². The highest BCUT2D eigenvalue weighted by Crippen LogP contribution is 2.50. The summed E-state index contributed by atoms with van der Waals surface area (Å²) >= 11 is 1.57. The molecule has 7 nitrogen and oxygen atoms in total. The molecule has 1 N–H and O–H groups in total. The number of carbonyl (C=O) groups is 3. The van der Waals surface area contributed by atoms with Crippen molar-refractivity contribution in [2.24, 2.45) is 11.8 Å². The average Bonchev–Trinajstić information content (AvgIpc) is 3.27. The van der Waals surface area contributed by atoms with Crippen LogP contribution in [-0.4, -0.2) is 54.4 Å². The number of carbonyl (C=O) groups excluding carboxylic acids is 3. The first-order valence-electron chi connectivity index (χ1n) is 7.67. The second kappa shape index (κ2) is 6.25. The van der Waals surface area contributed by atoms with E-state index in [2.05, 4.69) is 5.32 Å². The summed E-state index contributed by atoms with van der Waals surface area (Å²) in [6.45, 7) is 0. The molecule has 0 bridgehead atoms. The van der Waals surface area contributed by atoms with Crippen LogP contribution in [0.25, 0.3) is 0 Å². The summed E-state index contributed by atoms with van der Waals surface area (Å²) < 4.78 is 10.5. The van der Waals surface area contributed by atoms with Crippen molar-refractivity contribution in [1.82, 2.24) is 10.2 Å². The number of hydrogen-bond acceptors (Lipinski definition) is 7. The molecule has 0 saturated carbocycles. The minimum Gasteiger partial charge on any atom is -0.468 e. The third-order valence-corrected chi connectivity index (χ3v) is 5.59. The monoisotopic (exact) mass is 352 g/mol. The Bertz CT molecular complexity index is 661. The molecule has 0 radical (unpaired) electrons. The third kappa shape index (κ3) is 2.28. The quantitative estimate of drug-likeness (QED) is 0.620. The Hall–Kier alpha value is -1.80. The number of nitrogens with one attached hydrogen (secondary N) is 1. The number of nitrogens with zero attached hydrogens (tertiary/aromatic N) is 1. The zero-order chi connectivity index (χ0) is 17.5. The molecule has 8 heteroatoms. The SMILES string of the molecule is COC(=O)[C@]1(CCSC)N[C@H](c2ccco2)[C@@H]2C(=O)N(C)C(=O)[C@H]21. The fourth-order valence-electron chi connectivity index (χ4n) is 3.82. The van der Waals surface area contributed by atoms with Crippen LogP contribution in [0.15, 0.2) is 22.8 Å². The number of likely N-dealkylation sites (tertiary alicyclic amines) is 1. The number of amides is 2. The number of esters is 1. The summed E-state index contributed by atoms with van der Waals surface area (Å²) in [5.74, 6) is -1.43. The van der Waals surface area contributed by atoms with Crippen LogP contribution < -0.4 is 5.32 Å². The Morgan fingerprint density at radius 2 is 2.21 bits per heavy atom. The van der Waals surface area contributed by atoms with Gasteiger partial charge in [-0.15, -0.1) is 0 Å². The van der Waals surface area contributed by atoms with Crippen LogP contribution in [-0.2, 0) is 19.1 Å². The Balaban J connectivity index is 2.10. The molecule has 0 aliphatic carbocycles. The number of ether oxygens (including phenoxy) is 1. The van der Waals surface area contributed by atoms with E-state index in [0.717, 1.165) is 4.90 Å². The van der Waals surface area contributed by atoms with E-state index in [9.17, 15) is 14.4 Å². The summed E-state index contributed by atoms with van der Waals surface area (Å²) in [4.78, 5) is 39.1. The zero-order valence-corrected chi connectivity index (χ0v) is 14.6. The van der Waals surface area contributed by atoms with Crippen molar-refractivity contribution in [2.75, 3.05) is 26.2 Å². The Kier molecular flexibility index (Phi) is 4.44. The van der Waals surface area contributed by atoms with Gasteiger partial charge in [-0.2, -0.15) is 11.8 Å². The Morgan fingerprint density at radius 1 is 1.46 bits per heavy atom. The highest BCUT2D eigenvalue weighted by atomic mass is 32.2. The van der Waals surface area contributed by atoms with Gasteiger partial charge < -0.3 is 9.15 Å². The fraction of sp³-hybridized carbons (Fsp3) is 0.562. The summed E-state index contributed by atoms with van der Waals surface area (Å²) in [6.07, 6.45) is 3.83. The molecule has 4 atom stereocenters. The van der Waals surface area contributed by atoms with Crippen molar-refractivity contribution in [1.29, 1.82) is 0 Å². The lowest BCUT2D eigenvalue weighted by Gasteiger charge is -2.31. The molecule has 2 aliphatic heterocycles. The zero-order valence-electron chi connectivity index (χ0n) is 13.8. The van der Waals surface area contributed by atoms with Gasteiger partial charge in [0.2, 0.25) is 11.8 Å². The molecular weight excluding hydrogens is 332 g/mol. The summed E-state index contributed by atoms with van der Waals surface area (Å²) in [6, 6.07) is 2.93. The molecule has 2 amide bonds. The molecule has 1 aromatic rings. The van der Waals surface area contributed by atoms with Crippen LogP contribution in [0.3, 0.4) is 0 Å². The molecule has 130 valence electrons. The second-order valence-electron chi connectivity index (χ2n) is 6.08. The maximum Gasteiger partial charge on any atom is 0.326 e. The maximum atomic E-state index is 12.7. The molecule has 2 saturated heterocycles. The molecule has 2 aliphatic rings. The normalized spacial score (nSPS) is 32.3. The maximum absolute atomic E-state index is 12.7. The molecule has 1 aromatic heterocycles. The predicted octanol–water partition coefficient (Wildman–Crippen LogP) is 0.820. The van der Waals surface area contributed by atoms with Gasteiger partial charge in [-0.1, -0.05) is 0 Å². The van der Waals surface area contributed by atoms with Crippen molar-refractivity contribution in [2.45, 2.75) is 18.0 Å². The molecule has 0 spiro atoms. The van der Waals surface area contributed by atoms with Crippen LogP contribution in [0.4, 0.5) is 0 Å². The lowest BCUT2D eigenvalue weighted by atomic mass is 9.78. The lowest BCUT2D eigenvalue weighted by Crippen LogP contribution is -2.56. The van der Waals surface area contributed by atoms with Crippen LogP contribution in [0.5, 0.6) is 0 Å². The number of furan rings is 1. The number of thioether (sulfide) groups is 1. The number of hydrogen-bond donors (Lipinski definition) is 1. The van der Waals surface area contributed by atoms with Crippen molar-refractivity contribution in [3.05, 3.63) is 24.2 Å². The average molecular weight is 352 g/mol. The minimum atomic E-state index is -1.22. The van der Waals surface area contributed by atoms with Crippen molar-refractivity contribution < 1.29 is 23.5 Å². The van der Waals surface area contributed by atoms with E-state index in [4.69, 9.17) is 9.15 Å². The van der Waals surface area contributed by atoms with E-state index in [0.29, 0.717) is 17.9 Å². The van der Waals surface area contributed by atoms with Gasteiger partial charge in [0, 0.05) is 7.05 Å². The van der Waals surface area contributed by atoms with Crippen LogP contribution in [0, 0.1) is 11.8 Å². The fourth-order valence-corrected chi connectivity index (χ4v) is 4.35. The van der Waals surface area contributed by atoms with E-state index in [1.807, 2.05) is 6.26 Å². The molecule has 0 unspecified atom stereocenters. The molecule has 3 heterocycles. The van der Waals surface area contributed by atoms with Crippen LogP contribution in [0.2, 0.25) is 0 Å². The number of imide groups is 1. The van der Waals surface area contributed by atoms with E-state index in [1.54, 1.807) is 23.9 Å². The topological polar surface area (TPSA) is 88.8 Å². The first-order chi connectivity index (χ1) is 11.5. The third-order valence-electron chi connectivity index (χ3n) is 4.97. The standard InChI is InChI=1S/C16H20N2O5S/c1-18-13(19)10-11(14(18)20)16(6-8-24-3,15(21)22-2)17-12(10)9-5-4-7-23-9/h4-5,7,10-12,17H,6,8H2,1-3H3/t10-,11+,12-,16-/m1/s1. The predicted molar refractivity (Wildman–Crippen MR) is 87.1 cm³/mol. The molecule has 0 aromatic carbocycles. The lowest BCUT2D eigenvalue weighted by molar-refractivity contribution is -0.154. The molecule has 3 rings (SSSR count). The number of methoxy groups -OCH3 is 1. The number of fused-ring (bicyclic) bond motifs is 1. The summed E-state index contributed by atoms with van der Waals surface area (Å²) in [5.41, 5.74) is -1.22. The smallest absolute Gasteiger partial charge is 0.326 e. The van der Waals surface area contributed by atoms with Crippen molar-refractivity contribution in [3.63, 3.8) is 0 Å². The highest BCUT2D eigenvalue weighted by molar-refractivity contribution is 7.98. The highest BCUT2D eigenvalue weighted by Gasteiger charge is 2.68. The first-order valence-corrected chi connectivity index (χ1v) is 9.07. The van der Waals surface area contributed by atoms with Gasteiger partial charge in [-0.25, -0.2) is 0 Å². The second-order valence-corrected chi connectivity index (χ2v) is 7.07. The molecular formula is C16H20N2O5S. The summed E-state index contributed by atoms with van der Waals surface area (Å²) in [7, 11) is 2.75. The van der Waals surface area contributed by atoms with Gasteiger partial charge in [0.15, 0.2) is 0 Å². The van der Waals surface area contributed by atoms with Gasteiger partial charge >= 0.3 is 5.97 Å². The minimum absolute atomic E-state index is 0.297. The van der Waals surface area contributed by atoms with Gasteiger partial charge in [0.05, 0.1) is 31.3 Å². The van der Waals surface area contributed by atoms with Gasteiger partial charge in [0.1, 0.15) is 11.3 Å². The van der Waals surface area contributed by atoms with Gasteiger partial charge in [-0.3, -0.25) is 24.6 Å².